The Balaban J connectivity index is 1.70. The third-order valence-corrected chi connectivity index (χ3v) is 4.40. The van der Waals surface area contributed by atoms with Crippen molar-refractivity contribution in [1.82, 2.24) is 14.9 Å². The Hall–Kier alpha value is -1.72. The molecule has 0 spiro atoms. The number of fused-ring (bicyclic) bond motifs is 2. The molecule has 3 heterocycles. The number of hydrogen-bond donors (Lipinski definition) is 0. The number of hydrogen-bond acceptors (Lipinski definition) is 5. The molecule has 5 heteroatoms. The van der Waals surface area contributed by atoms with Gasteiger partial charge in [-0.3, -0.25) is 4.90 Å². The minimum absolute atomic E-state index is 0.294. The van der Waals surface area contributed by atoms with Crippen molar-refractivity contribution in [3.63, 3.8) is 0 Å². The van der Waals surface area contributed by atoms with Gasteiger partial charge in [-0.1, -0.05) is 12.1 Å². The van der Waals surface area contributed by atoms with Crippen LogP contribution < -0.4 is 4.90 Å². The Labute approximate surface area is 118 Å². The van der Waals surface area contributed by atoms with E-state index in [1.54, 1.807) is 6.33 Å². The molecule has 2 aromatic rings. The van der Waals surface area contributed by atoms with Crippen LogP contribution in [0.25, 0.3) is 10.9 Å². The minimum Gasteiger partial charge on any atom is -0.373 e. The molecule has 0 radical (unpaired) electrons. The Kier molecular flexibility index (Phi) is 2.82. The van der Waals surface area contributed by atoms with Gasteiger partial charge in [0.05, 0.1) is 24.3 Å². The first kappa shape index (κ1) is 12.1. The maximum Gasteiger partial charge on any atom is 0.140 e. The van der Waals surface area contributed by atoms with E-state index >= 15 is 0 Å². The normalized spacial score (nSPS) is 26.9. The molecule has 2 fully saturated rings. The van der Waals surface area contributed by atoms with E-state index in [0.717, 1.165) is 43.0 Å². The SMILES string of the molecule is CN1CCOC2CN(c3ncnc4ccccc34)CC21. The number of morpholine rings is 1. The number of likely N-dealkylation sites (N-methyl/N-ethyl adjacent to an activating group) is 1. The predicted molar refractivity (Wildman–Crippen MR) is 77.9 cm³/mol. The highest BCUT2D eigenvalue weighted by atomic mass is 16.5. The van der Waals surface area contributed by atoms with Crippen LogP contribution in [0.3, 0.4) is 0 Å². The third-order valence-electron chi connectivity index (χ3n) is 4.40. The first-order valence-corrected chi connectivity index (χ1v) is 7.09. The number of ether oxygens (including phenoxy) is 1. The minimum atomic E-state index is 0.294. The molecular weight excluding hydrogens is 252 g/mol. The number of para-hydroxylation sites is 1. The Morgan fingerprint density at radius 1 is 1.20 bits per heavy atom. The molecule has 2 saturated heterocycles. The summed E-state index contributed by atoms with van der Waals surface area (Å²) in [6.45, 7) is 3.73. The summed E-state index contributed by atoms with van der Waals surface area (Å²) in [5.41, 5.74) is 1.00. The molecule has 1 aromatic heterocycles. The van der Waals surface area contributed by atoms with Gasteiger partial charge in [0.2, 0.25) is 0 Å². The summed E-state index contributed by atoms with van der Waals surface area (Å²) >= 11 is 0. The van der Waals surface area contributed by atoms with Crippen LogP contribution in [-0.4, -0.2) is 60.3 Å². The summed E-state index contributed by atoms with van der Waals surface area (Å²) < 4.78 is 5.91. The first-order chi connectivity index (χ1) is 9.83. The molecule has 4 rings (SSSR count). The van der Waals surface area contributed by atoms with Gasteiger partial charge in [0, 0.05) is 25.0 Å². The smallest absolute Gasteiger partial charge is 0.140 e. The van der Waals surface area contributed by atoms with Gasteiger partial charge in [0.1, 0.15) is 12.1 Å². The van der Waals surface area contributed by atoms with E-state index in [0.29, 0.717) is 12.1 Å². The van der Waals surface area contributed by atoms with Gasteiger partial charge >= 0.3 is 0 Å². The standard InChI is InChI=1S/C15H18N4O/c1-18-6-7-20-14-9-19(8-13(14)18)15-11-4-2-3-5-12(11)16-10-17-15/h2-5,10,13-14H,6-9H2,1H3. The second-order valence-electron chi connectivity index (χ2n) is 5.58. The highest BCUT2D eigenvalue weighted by molar-refractivity contribution is 5.89. The Morgan fingerprint density at radius 3 is 3.00 bits per heavy atom. The molecule has 0 bridgehead atoms. The molecule has 20 heavy (non-hydrogen) atoms. The van der Waals surface area contributed by atoms with Gasteiger partial charge in [-0.15, -0.1) is 0 Å². The highest BCUT2D eigenvalue weighted by Crippen LogP contribution is 2.29. The molecule has 0 amide bonds. The molecule has 0 N–H and O–H groups in total. The molecular formula is C15H18N4O. The zero-order chi connectivity index (χ0) is 13.5. The zero-order valence-corrected chi connectivity index (χ0v) is 11.6. The topological polar surface area (TPSA) is 41.5 Å². The van der Waals surface area contributed by atoms with Crippen LogP contribution in [0, 0.1) is 0 Å². The number of rotatable bonds is 1. The molecule has 0 aliphatic carbocycles. The van der Waals surface area contributed by atoms with E-state index in [-0.39, 0.29) is 0 Å². The van der Waals surface area contributed by atoms with Crippen molar-refractivity contribution in [1.29, 1.82) is 0 Å². The van der Waals surface area contributed by atoms with E-state index in [1.807, 2.05) is 18.2 Å². The van der Waals surface area contributed by atoms with E-state index < -0.39 is 0 Å². The van der Waals surface area contributed by atoms with E-state index in [4.69, 9.17) is 4.74 Å². The predicted octanol–water partition coefficient (Wildman–Crippen LogP) is 1.15. The lowest BCUT2D eigenvalue weighted by Gasteiger charge is -2.33. The first-order valence-electron chi connectivity index (χ1n) is 7.09. The van der Waals surface area contributed by atoms with Crippen molar-refractivity contribution in [3.8, 4) is 0 Å². The van der Waals surface area contributed by atoms with Crippen molar-refractivity contribution in [2.75, 3.05) is 38.2 Å². The van der Waals surface area contributed by atoms with E-state index in [1.165, 1.54) is 0 Å². The molecule has 104 valence electrons. The number of aromatic nitrogens is 2. The maximum atomic E-state index is 5.91. The highest BCUT2D eigenvalue weighted by Gasteiger charge is 2.39. The van der Waals surface area contributed by atoms with Crippen LogP contribution in [-0.2, 0) is 4.74 Å². The van der Waals surface area contributed by atoms with Crippen molar-refractivity contribution in [2.24, 2.45) is 0 Å². The fourth-order valence-corrected chi connectivity index (χ4v) is 3.27. The maximum absolute atomic E-state index is 5.91. The third kappa shape index (κ3) is 1.85. The lowest BCUT2D eigenvalue weighted by atomic mass is 10.1. The number of nitrogens with zero attached hydrogens (tertiary/aromatic N) is 4. The van der Waals surface area contributed by atoms with Crippen LogP contribution >= 0.6 is 0 Å². The average molecular weight is 270 g/mol. The molecule has 2 unspecified atom stereocenters. The molecule has 2 aliphatic rings. The van der Waals surface area contributed by atoms with Crippen molar-refractivity contribution in [2.45, 2.75) is 12.1 Å². The zero-order valence-electron chi connectivity index (χ0n) is 11.6. The fourth-order valence-electron chi connectivity index (χ4n) is 3.27. The molecule has 1 aromatic carbocycles. The van der Waals surface area contributed by atoms with Crippen LogP contribution in [0.2, 0.25) is 0 Å². The summed E-state index contributed by atoms with van der Waals surface area (Å²) in [5.74, 6) is 1.03. The number of benzene rings is 1. The molecule has 5 nitrogen and oxygen atoms in total. The fraction of sp³-hybridized carbons (Fsp3) is 0.467. The van der Waals surface area contributed by atoms with Crippen LogP contribution in [0.15, 0.2) is 30.6 Å². The summed E-state index contributed by atoms with van der Waals surface area (Å²) in [7, 11) is 2.18. The van der Waals surface area contributed by atoms with Crippen molar-refractivity contribution >= 4 is 16.7 Å². The van der Waals surface area contributed by atoms with Crippen LogP contribution in [0.4, 0.5) is 5.82 Å². The van der Waals surface area contributed by atoms with Gasteiger partial charge in [-0.2, -0.15) is 0 Å². The second-order valence-corrected chi connectivity index (χ2v) is 5.58. The van der Waals surface area contributed by atoms with Crippen molar-refractivity contribution < 1.29 is 4.74 Å². The summed E-state index contributed by atoms with van der Waals surface area (Å²) in [4.78, 5) is 13.6. The van der Waals surface area contributed by atoms with Crippen LogP contribution in [0.1, 0.15) is 0 Å². The monoisotopic (exact) mass is 270 g/mol. The summed E-state index contributed by atoms with van der Waals surface area (Å²) in [6.07, 6.45) is 1.95. The lowest BCUT2D eigenvalue weighted by molar-refractivity contribution is -0.0362. The summed E-state index contributed by atoms with van der Waals surface area (Å²) in [6, 6.07) is 8.65. The van der Waals surface area contributed by atoms with Gasteiger partial charge in [0.15, 0.2) is 0 Å². The van der Waals surface area contributed by atoms with E-state index in [9.17, 15) is 0 Å². The van der Waals surface area contributed by atoms with E-state index in [2.05, 4.69) is 32.9 Å². The van der Waals surface area contributed by atoms with Crippen LogP contribution in [0.5, 0.6) is 0 Å². The Morgan fingerprint density at radius 2 is 2.10 bits per heavy atom. The quantitative estimate of drug-likeness (QED) is 0.777. The Bertz CT molecular complexity index is 627. The second kappa shape index (κ2) is 4.68. The van der Waals surface area contributed by atoms with Gasteiger partial charge in [-0.25, -0.2) is 9.97 Å². The molecule has 0 saturated carbocycles. The lowest BCUT2D eigenvalue weighted by Crippen LogP contribution is -2.48. The molecule has 2 atom stereocenters. The average Bonchev–Trinajstić information content (AvgIpc) is 2.92. The largest absolute Gasteiger partial charge is 0.373 e. The van der Waals surface area contributed by atoms with Crippen molar-refractivity contribution in [3.05, 3.63) is 30.6 Å². The summed E-state index contributed by atoms with van der Waals surface area (Å²) in [5, 5.41) is 1.12. The van der Waals surface area contributed by atoms with Gasteiger partial charge < -0.3 is 9.64 Å². The number of anilines is 1. The van der Waals surface area contributed by atoms with Gasteiger partial charge in [-0.05, 0) is 19.2 Å². The van der Waals surface area contributed by atoms with Gasteiger partial charge in [0.25, 0.3) is 0 Å². The molecule has 2 aliphatic heterocycles.